The zero-order valence-electron chi connectivity index (χ0n) is 10.8. The van der Waals surface area contributed by atoms with Crippen LogP contribution in [0.5, 0.6) is 0 Å². The Kier molecular flexibility index (Phi) is 4.04. The third kappa shape index (κ3) is 2.92. The second kappa shape index (κ2) is 5.55. The summed E-state index contributed by atoms with van der Waals surface area (Å²) in [5.41, 5.74) is 0. The maximum absolute atomic E-state index is 12.2. The van der Waals surface area contributed by atoms with Crippen LogP contribution in [0.25, 0.3) is 0 Å². The molecule has 0 spiro atoms. The molecule has 2 aliphatic rings. The summed E-state index contributed by atoms with van der Waals surface area (Å²) in [4.78, 5) is 25.0. The van der Waals surface area contributed by atoms with Crippen LogP contribution in [0.1, 0.15) is 39.0 Å². The van der Waals surface area contributed by atoms with Gasteiger partial charge in [-0.15, -0.1) is 0 Å². The first-order valence-corrected chi connectivity index (χ1v) is 6.77. The van der Waals surface area contributed by atoms with Gasteiger partial charge >= 0.3 is 5.97 Å². The van der Waals surface area contributed by atoms with E-state index in [1.165, 1.54) is 0 Å². The van der Waals surface area contributed by atoms with E-state index in [1.54, 1.807) is 4.90 Å². The van der Waals surface area contributed by atoms with E-state index in [9.17, 15) is 14.7 Å². The molecule has 0 aromatic rings. The SMILES string of the molecule is CC1CCN(C(=O)CC2C=CCC2)C(C(=O)O)C1. The van der Waals surface area contributed by atoms with Crippen molar-refractivity contribution in [2.24, 2.45) is 11.8 Å². The molecule has 4 heteroatoms. The Balaban J connectivity index is 1.98. The van der Waals surface area contributed by atoms with Gasteiger partial charge < -0.3 is 10.0 Å². The van der Waals surface area contributed by atoms with Crippen molar-refractivity contribution in [3.8, 4) is 0 Å². The van der Waals surface area contributed by atoms with Crippen molar-refractivity contribution >= 4 is 11.9 Å². The Labute approximate surface area is 108 Å². The summed E-state index contributed by atoms with van der Waals surface area (Å²) in [6.45, 7) is 2.64. The Morgan fingerprint density at radius 1 is 1.39 bits per heavy atom. The summed E-state index contributed by atoms with van der Waals surface area (Å²) in [6.07, 6.45) is 8.21. The minimum atomic E-state index is -0.864. The molecule has 1 heterocycles. The number of allylic oxidation sites excluding steroid dienone is 2. The van der Waals surface area contributed by atoms with E-state index in [1.807, 2.05) is 0 Å². The van der Waals surface area contributed by atoms with Crippen molar-refractivity contribution in [2.75, 3.05) is 6.54 Å². The van der Waals surface area contributed by atoms with E-state index in [4.69, 9.17) is 0 Å². The molecule has 1 fully saturated rings. The van der Waals surface area contributed by atoms with Crippen molar-refractivity contribution in [3.63, 3.8) is 0 Å². The Morgan fingerprint density at radius 3 is 2.78 bits per heavy atom. The van der Waals surface area contributed by atoms with Gasteiger partial charge in [0.1, 0.15) is 6.04 Å². The molecule has 3 unspecified atom stereocenters. The predicted octanol–water partition coefficient (Wildman–Crippen LogP) is 2.05. The molecule has 1 N–H and O–H groups in total. The number of carbonyl (C=O) groups is 2. The largest absolute Gasteiger partial charge is 0.480 e. The summed E-state index contributed by atoms with van der Waals surface area (Å²) in [7, 11) is 0. The maximum Gasteiger partial charge on any atom is 0.326 e. The van der Waals surface area contributed by atoms with Crippen LogP contribution >= 0.6 is 0 Å². The van der Waals surface area contributed by atoms with Gasteiger partial charge in [0, 0.05) is 13.0 Å². The van der Waals surface area contributed by atoms with E-state index in [-0.39, 0.29) is 5.91 Å². The number of aliphatic carboxylic acids is 1. The second-order valence-electron chi connectivity index (χ2n) is 5.54. The first kappa shape index (κ1) is 13.1. The summed E-state index contributed by atoms with van der Waals surface area (Å²) in [6, 6.07) is -0.619. The highest BCUT2D eigenvalue weighted by molar-refractivity contribution is 5.84. The van der Waals surface area contributed by atoms with Crippen LogP contribution in [0.15, 0.2) is 12.2 Å². The van der Waals surface area contributed by atoms with Crippen LogP contribution in [0.2, 0.25) is 0 Å². The van der Waals surface area contributed by atoms with Crippen LogP contribution in [0, 0.1) is 11.8 Å². The average Bonchev–Trinajstić information content (AvgIpc) is 2.81. The lowest BCUT2D eigenvalue weighted by molar-refractivity contribution is -0.153. The van der Waals surface area contributed by atoms with Gasteiger partial charge in [-0.1, -0.05) is 19.1 Å². The molecule has 2 rings (SSSR count). The molecule has 0 aromatic carbocycles. The standard InChI is InChI=1S/C14H21NO3/c1-10-6-7-15(12(8-10)14(17)18)13(16)9-11-4-2-3-5-11/h2,4,10-12H,3,5-9H2,1H3,(H,17,18). The molecule has 1 saturated heterocycles. The Hall–Kier alpha value is -1.32. The lowest BCUT2D eigenvalue weighted by atomic mass is 9.91. The summed E-state index contributed by atoms with van der Waals surface area (Å²) in [5.74, 6) is -0.157. The van der Waals surface area contributed by atoms with E-state index in [0.717, 1.165) is 19.3 Å². The molecule has 0 bridgehead atoms. The molecule has 1 aliphatic carbocycles. The fourth-order valence-corrected chi connectivity index (χ4v) is 2.88. The topological polar surface area (TPSA) is 57.6 Å². The minimum Gasteiger partial charge on any atom is -0.480 e. The molecular formula is C14H21NO3. The van der Waals surface area contributed by atoms with Gasteiger partial charge in [0.05, 0.1) is 0 Å². The molecule has 4 nitrogen and oxygen atoms in total. The maximum atomic E-state index is 12.2. The van der Waals surface area contributed by atoms with Crippen molar-refractivity contribution < 1.29 is 14.7 Å². The molecule has 0 saturated carbocycles. The summed E-state index contributed by atoms with van der Waals surface area (Å²) in [5, 5.41) is 9.23. The number of likely N-dealkylation sites (tertiary alicyclic amines) is 1. The van der Waals surface area contributed by atoms with E-state index in [2.05, 4.69) is 19.1 Å². The van der Waals surface area contributed by atoms with Crippen LogP contribution in [-0.2, 0) is 9.59 Å². The molecule has 0 aromatic heterocycles. The molecule has 100 valence electrons. The number of amides is 1. The van der Waals surface area contributed by atoms with Crippen molar-refractivity contribution in [3.05, 3.63) is 12.2 Å². The number of carbonyl (C=O) groups excluding carboxylic acids is 1. The zero-order valence-corrected chi connectivity index (χ0v) is 10.8. The Morgan fingerprint density at radius 2 is 2.17 bits per heavy atom. The van der Waals surface area contributed by atoms with Crippen LogP contribution in [0.3, 0.4) is 0 Å². The summed E-state index contributed by atoms with van der Waals surface area (Å²) < 4.78 is 0. The first-order chi connectivity index (χ1) is 8.58. The number of rotatable bonds is 3. The minimum absolute atomic E-state index is 0.00542. The van der Waals surface area contributed by atoms with Crippen LogP contribution in [-0.4, -0.2) is 34.5 Å². The average molecular weight is 251 g/mol. The predicted molar refractivity (Wildman–Crippen MR) is 68.0 cm³/mol. The van der Waals surface area contributed by atoms with Crippen molar-refractivity contribution in [1.82, 2.24) is 4.90 Å². The number of piperidine rings is 1. The molecule has 3 atom stereocenters. The van der Waals surface area contributed by atoms with Crippen molar-refractivity contribution in [1.29, 1.82) is 0 Å². The first-order valence-electron chi connectivity index (χ1n) is 6.77. The molecular weight excluding hydrogens is 230 g/mol. The second-order valence-corrected chi connectivity index (χ2v) is 5.54. The number of carboxylic acid groups (broad SMARTS) is 1. The van der Waals surface area contributed by atoms with Crippen molar-refractivity contribution in [2.45, 2.75) is 45.1 Å². The fraction of sp³-hybridized carbons (Fsp3) is 0.714. The van der Waals surface area contributed by atoms with E-state index < -0.39 is 12.0 Å². The number of hydrogen-bond acceptors (Lipinski definition) is 2. The number of carboxylic acids is 1. The smallest absolute Gasteiger partial charge is 0.326 e. The normalized spacial score (nSPS) is 31.6. The molecule has 0 radical (unpaired) electrons. The highest BCUT2D eigenvalue weighted by Crippen LogP contribution is 2.26. The monoisotopic (exact) mass is 251 g/mol. The van der Waals surface area contributed by atoms with E-state index >= 15 is 0 Å². The molecule has 1 aliphatic heterocycles. The number of hydrogen-bond donors (Lipinski definition) is 1. The molecule has 18 heavy (non-hydrogen) atoms. The lowest BCUT2D eigenvalue weighted by Crippen LogP contribution is -2.50. The van der Waals surface area contributed by atoms with Gasteiger partial charge in [0.25, 0.3) is 0 Å². The van der Waals surface area contributed by atoms with Crippen LogP contribution in [0.4, 0.5) is 0 Å². The van der Waals surface area contributed by atoms with Crippen LogP contribution < -0.4 is 0 Å². The molecule has 1 amide bonds. The third-order valence-electron chi connectivity index (χ3n) is 4.02. The summed E-state index contributed by atoms with van der Waals surface area (Å²) >= 11 is 0. The quantitative estimate of drug-likeness (QED) is 0.781. The van der Waals surface area contributed by atoms with Gasteiger partial charge in [0.2, 0.25) is 5.91 Å². The highest BCUT2D eigenvalue weighted by atomic mass is 16.4. The zero-order chi connectivity index (χ0) is 13.1. The fourth-order valence-electron chi connectivity index (χ4n) is 2.88. The van der Waals surface area contributed by atoms with Gasteiger partial charge in [-0.3, -0.25) is 4.79 Å². The Bertz CT molecular complexity index is 364. The van der Waals surface area contributed by atoms with Gasteiger partial charge in [-0.2, -0.15) is 0 Å². The van der Waals surface area contributed by atoms with Gasteiger partial charge in [-0.05, 0) is 37.5 Å². The van der Waals surface area contributed by atoms with Gasteiger partial charge in [0.15, 0.2) is 0 Å². The lowest BCUT2D eigenvalue weighted by Gasteiger charge is -2.36. The third-order valence-corrected chi connectivity index (χ3v) is 4.02. The number of nitrogens with zero attached hydrogens (tertiary/aromatic N) is 1. The van der Waals surface area contributed by atoms with E-state index in [0.29, 0.717) is 31.2 Å². The highest BCUT2D eigenvalue weighted by Gasteiger charge is 2.35. The van der Waals surface area contributed by atoms with Gasteiger partial charge in [-0.25, -0.2) is 4.79 Å².